The van der Waals surface area contributed by atoms with Crippen molar-refractivity contribution in [1.82, 2.24) is 4.90 Å². The first-order chi connectivity index (χ1) is 16.2. The van der Waals surface area contributed by atoms with Crippen LogP contribution in [-0.4, -0.2) is 58.1 Å². The first-order valence-corrected chi connectivity index (χ1v) is 12.8. The number of benzene rings is 2. The van der Waals surface area contributed by atoms with E-state index in [0.717, 1.165) is 24.1 Å². The Morgan fingerprint density at radius 3 is 2.47 bits per heavy atom. The van der Waals surface area contributed by atoms with Crippen molar-refractivity contribution in [1.29, 1.82) is 0 Å². The number of nitrogens with two attached hydrogens (primary N) is 1. The van der Waals surface area contributed by atoms with Crippen molar-refractivity contribution in [2.45, 2.75) is 38.1 Å². The molecule has 9 nitrogen and oxygen atoms in total. The van der Waals surface area contributed by atoms with Crippen LogP contribution in [0, 0.1) is 0 Å². The van der Waals surface area contributed by atoms with Gasteiger partial charge >= 0.3 is 7.82 Å². The highest BCUT2D eigenvalue weighted by molar-refractivity contribution is 7.46. The van der Waals surface area contributed by atoms with Crippen molar-refractivity contribution in [3.8, 4) is 0 Å². The fraction of sp³-hybridized carbons (Fsp3) is 0.417. The van der Waals surface area contributed by atoms with Gasteiger partial charge in [-0.2, -0.15) is 0 Å². The topological polar surface area (TPSA) is 135 Å². The van der Waals surface area contributed by atoms with Gasteiger partial charge in [-0.15, -0.1) is 0 Å². The van der Waals surface area contributed by atoms with Gasteiger partial charge < -0.3 is 25.3 Å². The SMILES string of the molecule is CCC(=NOCCCc1ccccc1)c1ccc(C(=O)N2CCC(N)(COP(=O)(O)O)C2)cc1. The number of oxime groups is 1. The zero-order valence-electron chi connectivity index (χ0n) is 19.3. The number of likely N-dealkylation sites (tertiary alicyclic amines) is 1. The molecule has 3 rings (SSSR count). The standard InChI is InChI=1S/C24H32N3O6P/c1-2-22(26-32-16-6-9-19-7-4-3-5-8-19)20-10-12-21(13-11-20)23(28)27-15-14-24(25,17-27)18-33-34(29,30)31/h3-5,7-8,10-13H,2,6,9,14-18,25H2,1H3,(H2,29,30,31). The third-order valence-corrected chi connectivity index (χ3v) is 6.18. The maximum absolute atomic E-state index is 12.9. The van der Waals surface area contributed by atoms with Crippen LogP contribution in [-0.2, 0) is 20.3 Å². The van der Waals surface area contributed by atoms with E-state index in [1.807, 2.05) is 37.3 Å². The average molecular weight is 490 g/mol. The predicted molar refractivity (Wildman–Crippen MR) is 129 cm³/mol. The minimum Gasteiger partial charge on any atom is -0.396 e. The number of rotatable bonds is 11. The molecular weight excluding hydrogens is 457 g/mol. The van der Waals surface area contributed by atoms with Gasteiger partial charge in [0.05, 0.1) is 17.9 Å². The number of hydrogen-bond donors (Lipinski definition) is 3. The van der Waals surface area contributed by atoms with E-state index >= 15 is 0 Å². The highest BCUT2D eigenvalue weighted by Gasteiger charge is 2.38. The molecule has 1 saturated heterocycles. The smallest absolute Gasteiger partial charge is 0.396 e. The van der Waals surface area contributed by atoms with Gasteiger partial charge in [-0.3, -0.25) is 9.32 Å². The number of hydrogen-bond acceptors (Lipinski definition) is 6. The molecule has 0 aliphatic carbocycles. The van der Waals surface area contributed by atoms with Crippen LogP contribution in [0.3, 0.4) is 0 Å². The van der Waals surface area contributed by atoms with E-state index in [0.29, 0.717) is 31.6 Å². The molecule has 0 bridgehead atoms. The molecule has 10 heteroatoms. The van der Waals surface area contributed by atoms with E-state index in [9.17, 15) is 9.36 Å². The average Bonchev–Trinajstić information content (AvgIpc) is 3.23. The normalized spacial score (nSPS) is 18.8. The minimum atomic E-state index is -4.61. The lowest BCUT2D eigenvalue weighted by Gasteiger charge is -2.24. The van der Waals surface area contributed by atoms with Crippen LogP contribution in [0.2, 0.25) is 0 Å². The number of carbonyl (C=O) groups is 1. The minimum absolute atomic E-state index is 0.159. The maximum atomic E-state index is 12.9. The van der Waals surface area contributed by atoms with Crippen molar-refractivity contribution in [2.24, 2.45) is 10.9 Å². The Morgan fingerprint density at radius 1 is 1.15 bits per heavy atom. The molecule has 34 heavy (non-hydrogen) atoms. The molecule has 1 aliphatic heterocycles. The Bertz CT molecular complexity index is 1020. The first kappa shape index (κ1) is 26.1. The third-order valence-electron chi connectivity index (χ3n) is 5.71. The van der Waals surface area contributed by atoms with Crippen molar-refractivity contribution < 1.29 is 28.5 Å². The highest BCUT2D eigenvalue weighted by atomic mass is 31.2. The Kier molecular flexibility index (Phi) is 8.99. The zero-order chi connectivity index (χ0) is 24.6. The Balaban J connectivity index is 1.52. The number of carbonyl (C=O) groups excluding carboxylic acids is 1. The molecule has 1 heterocycles. The molecule has 1 aliphatic rings. The zero-order valence-corrected chi connectivity index (χ0v) is 20.2. The molecule has 0 aromatic heterocycles. The van der Waals surface area contributed by atoms with Crippen LogP contribution in [0.15, 0.2) is 59.8 Å². The molecule has 1 amide bonds. The lowest BCUT2D eigenvalue weighted by Crippen LogP contribution is -2.47. The third kappa shape index (κ3) is 7.75. The summed E-state index contributed by atoms with van der Waals surface area (Å²) in [6, 6.07) is 17.4. The predicted octanol–water partition coefficient (Wildman–Crippen LogP) is 3.10. The lowest BCUT2D eigenvalue weighted by molar-refractivity contribution is 0.0774. The summed E-state index contributed by atoms with van der Waals surface area (Å²) in [7, 11) is -4.61. The number of phosphoric ester groups is 1. The highest BCUT2D eigenvalue weighted by Crippen LogP contribution is 2.37. The van der Waals surface area contributed by atoms with Crippen molar-refractivity contribution in [3.05, 3.63) is 71.3 Å². The van der Waals surface area contributed by atoms with Crippen molar-refractivity contribution in [3.63, 3.8) is 0 Å². The lowest BCUT2D eigenvalue weighted by atomic mass is 10.0. The Labute approximate surface area is 199 Å². The number of aryl methyl sites for hydroxylation is 1. The van der Waals surface area contributed by atoms with Crippen molar-refractivity contribution >= 4 is 19.4 Å². The van der Waals surface area contributed by atoms with Gasteiger partial charge in [0.15, 0.2) is 0 Å². The summed E-state index contributed by atoms with van der Waals surface area (Å²) in [5.41, 5.74) is 8.63. The Hall–Kier alpha value is -2.55. The second-order valence-electron chi connectivity index (χ2n) is 8.49. The maximum Gasteiger partial charge on any atom is 0.469 e. The van der Waals surface area contributed by atoms with Crippen LogP contribution in [0.25, 0.3) is 0 Å². The van der Waals surface area contributed by atoms with Crippen molar-refractivity contribution in [2.75, 3.05) is 26.3 Å². The summed E-state index contributed by atoms with van der Waals surface area (Å²) in [5.74, 6) is -0.192. The van der Waals surface area contributed by atoms with Crippen LogP contribution in [0.4, 0.5) is 0 Å². The van der Waals surface area contributed by atoms with Gasteiger partial charge in [0.25, 0.3) is 5.91 Å². The molecule has 184 valence electrons. The Morgan fingerprint density at radius 2 is 1.82 bits per heavy atom. The fourth-order valence-corrected chi connectivity index (χ4v) is 4.24. The first-order valence-electron chi connectivity index (χ1n) is 11.3. The fourth-order valence-electron chi connectivity index (χ4n) is 3.82. The summed E-state index contributed by atoms with van der Waals surface area (Å²) >= 11 is 0. The van der Waals surface area contributed by atoms with Gasteiger partial charge in [0, 0.05) is 18.7 Å². The second-order valence-corrected chi connectivity index (χ2v) is 9.73. The molecule has 1 unspecified atom stereocenters. The van der Waals surface area contributed by atoms with Gasteiger partial charge in [-0.1, -0.05) is 54.5 Å². The van der Waals surface area contributed by atoms with E-state index in [4.69, 9.17) is 20.4 Å². The molecule has 2 aromatic carbocycles. The van der Waals surface area contributed by atoms with Gasteiger partial charge in [-0.25, -0.2) is 4.57 Å². The van der Waals surface area contributed by atoms with E-state index in [1.54, 1.807) is 17.0 Å². The monoisotopic (exact) mass is 489 g/mol. The molecule has 0 spiro atoms. The van der Waals surface area contributed by atoms with Crippen LogP contribution >= 0.6 is 7.82 Å². The largest absolute Gasteiger partial charge is 0.469 e. The van der Waals surface area contributed by atoms with E-state index in [2.05, 4.69) is 21.8 Å². The number of nitrogens with zero attached hydrogens (tertiary/aromatic N) is 2. The van der Waals surface area contributed by atoms with Crippen LogP contribution in [0.5, 0.6) is 0 Å². The van der Waals surface area contributed by atoms with Gasteiger partial charge in [-0.05, 0) is 48.9 Å². The summed E-state index contributed by atoms with van der Waals surface area (Å²) < 4.78 is 15.5. The molecule has 0 radical (unpaired) electrons. The summed E-state index contributed by atoms with van der Waals surface area (Å²) in [6.07, 6.45) is 2.88. The molecule has 1 fully saturated rings. The van der Waals surface area contributed by atoms with Gasteiger partial charge in [0.2, 0.25) is 0 Å². The number of phosphoric acid groups is 1. The quantitative estimate of drug-likeness (QED) is 0.191. The molecule has 4 N–H and O–H groups in total. The molecule has 0 saturated carbocycles. The summed E-state index contributed by atoms with van der Waals surface area (Å²) in [6.45, 7) is 2.75. The van der Waals surface area contributed by atoms with Gasteiger partial charge in [0.1, 0.15) is 6.61 Å². The summed E-state index contributed by atoms with van der Waals surface area (Å²) in [4.78, 5) is 37.8. The summed E-state index contributed by atoms with van der Waals surface area (Å²) in [5, 5.41) is 4.28. The molecule has 2 aromatic rings. The number of amides is 1. The van der Waals surface area contributed by atoms with Crippen LogP contribution < -0.4 is 5.73 Å². The van der Waals surface area contributed by atoms with E-state index in [-0.39, 0.29) is 19.1 Å². The molecule has 1 atom stereocenters. The van der Waals surface area contributed by atoms with E-state index in [1.165, 1.54) is 5.56 Å². The molecular formula is C24H32N3O6P. The second kappa shape index (κ2) is 11.7. The van der Waals surface area contributed by atoms with Crippen LogP contribution in [0.1, 0.15) is 47.7 Å². The van der Waals surface area contributed by atoms with E-state index < -0.39 is 13.4 Å².